The highest BCUT2D eigenvalue weighted by atomic mass is 19.4. The molecule has 33 heavy (non-hydrogen) atoms. The van der Waals surface area contributed by atoms with Crippen LogP contribution in [0.2, 0.25) is 0 Å². The third kappa shape index (κ3) is 5.97. The summed E-state index contributed by atoms with van der Waals surface area (Å²) in [5, 5.41) is 0. The van der Waals surface area contributed by atoms with E-state index < -0.39 is 11.7 Å². The summed E-state index contributed by atoms with van der Waals surface area (Å²) in [6.07, 6.45) is -4.20. The smallest absolute Gasteiger partial charge is 0.416 e. The van der Waals surface area contributed by atoms with Crippen LogP contribution in [-0.4, -0.2) is 62.0 Å². The van der Waals surface area contributed by atoms with Crippen LogP contribution in [0, 0.1) is 0 Å². The van der Waals surface area contributed by atoms with Crippen molar-refractivity contribution in [3.05, 3.63) is 59.2 Å². The van der Waals surface area contributed by atoms with Crippen LogP contribution in [0.5, 0.6) is 11.5 Å². The molecule has 1 unspecified atom stereocenters. The Morgan fingerprint density at radius 2 is 1.42 bits per heavy atom. The van der Waals surface area contributed by atoms with Gasteiger partial charge in [0.1, 0.15) is 11.5 Å². The van der Waals surface area contributed by atoms with E-state index in [0.717, 1.165) is 12.1 Å². The highest BCUT2D eigenvalue weighted by Gasteiger charge is 2.30. The van der Waals surface area contributed by atoms with Crippen LogP contribution < -0.4 is 9.47 Å². The normalized spacial score (nSPS) is 15.2. The van der Waals surface area contributed by atoms with Crippen LogP contribution in [0.3, 0.4) is 0 Å². The third-order valence-electron chi connectivity index (χ3n) is 5.81. The number of rotatable bonds is 6. The minimum Gasteiger partial charge on any atom is -0.497 e. The van der Waals surface area contributed by atoms with E-state index >= 15 is 0 Å². The van der Waals surface area contributed by atoms with Crippen molar-refractivity contribution in [3.8, 4) is 11.5 Å². The maximum Gasteiger partial charge on any atom is 0.416 e. The van der Waals surface area contributed by atoms with Crippen molar-refractivity contribution >= 4 is 11.8 Å². The van der Waals surface area contributed by atoms with Crippen LogP contribution in [0.4, 0.5) is 13.2 Å². The van der Waals surface area contributed by atoms with Gasteiger partial charge in [-0.3, -0.25) is 9.59 Å². The monoisotopic (exact) mass is 464 g/mol. The molecule has 1 fully saturated rings. The number of halogens is 3. The fourth-order valence-electron chi connectivity index (χ4n) is 3.78. The van der Waals surface area contributed by atoms with Crippen LogP contribution in [-0.2, 0) is 11.0 Å². The van der Waals surface area contributed by atoms with Crippen molar-refractivity contribution in [1.82, 2.24) is 9.80 Å². The zero-order valence-electron chi connectivity index (χ0n) is 18.8. The van der Waals surface area contributed by atoms with Gasteiger partial charge in [0.25, 0.3) is 5.91 Å². The maximum absolute atomic E-state index is 12.9. The number of nitrogens with zero attached hydrogens (tertiary/aromatic N) is 2. The standard InChI is InChI=1S/C24H27F3N2O4/c1-16(17-4-6-19(7-5-17)24(25,26)27)12-22(30)28-8-10-29(11-9-28)23(31)18-13-20(32-2)15-21(14-18)33-3/h4-7,13-16H,8-12H2,1-3H3. The highest BCUT2D eigenvalue weighted by molar-refractivity contribution is 5.95. The van der Waals surface area contributed by atoms with Gasteiger partial charge in [0.15, 0.2) is 0 Å². The molecule has 0 radical (unpaired) electrons. The SMILES string of the molecule is COc1cc(OC)cc(C(=O)N2CCN(C(=O)CC(C)c3ccc(C(F)(F)F)cc3)CC2)c1. The van der Waals surface area contributed by atoms with Crippen molar-refractivity contribution in [2.24, 2.45) is 0 Å². The average Bonchev–Trinajstić information content (AvgIpc) is 2.82. The molecule has 0 aliphatic carbocycles. The summed E-state index contributed by atoms with van der Waals surface area (Å²) in [7, 11) is 3.03. The van der Waals surface area contributed by atoms with Crippen LogP contribution in [0.25, 0.3) is 0 Å². The number of ether oxygens (including phenoxy) is 2. The predicted molar refractivity (Wildman–Crippen MR) is 117 cm³/mol. The molecule has 2 amide bonds. The first-order valence-electron chi connectivity index (χ1n) is 10.6. The summed E-state index contributed by atoms with van der Waals surface area (Å²) in [5.74, 6) is 0.561. The van der Waals surface area contributed by atoms with E-state index in [-0.39, 0.29) is 24.2 Å². The first kappa shape index (κ1) is 24.4. The second-order valence-corrected chi connectivity index (χ2v) is 8.00. The van der Waals surface area contributed by atoms with Gasteiger partial charge in [-0.1, -0.05) is 19.1 Å². The Labute approximate surface area is 190 Å². The summed E-state index contributed by atoms with van der Waals surface area (Å²) in [6, 6.07) is 9.88. The van der Waals surface area contributed by atoms with Crippen molar-refractivity contribution in [2.45, 2.75) is 25.4 Å². The zero-order valence-corrected chi connectivity index (χ0v) is 18.8. The van der Waals surface area contributed by atoms with Gasteiger partial charge in [-0.15, -0.1) is 0 Å². The fraction of sp³-hybridized carbons (Fsp3) is 0.417. The molecule has 6 nitrogen and oxygen atoms in total. The lowest BCUT2D eigenvalue weighted by molar-refractivity contribution is -0.137. The molecule has 0 spiro atoms. The van der Waals surface area contributed by atoms with Gasteiger partial charge >= 0.3 is 6.18 Å². The Hall–Kier alpha value is -3.23. The van der Waals surface area contributed by atoms with Crippen LogP contribution >= 0.6 is 0 Å². The summed E-state index contributed by atoms with van der Waals surface area (Å²) < 4.78 is 48.7. The number of piperazine rings is 1. The highest BCUT2D eigenvalue weighted by Crippen LogP contribution is 2.31. The minimum absolute atomic E-state index is 0.0856. The van der Waals surface area contributed by atoms with Gasteiger partial charge in [-0.2, -0.15) is 13.2 Å². The lowest BCUT2D eigenvalue weighted by Crippen LogP contribution is -2.50. The van der Waals surface area contributed by atoms with E-state index in [2.05, 4.69) is 0 Å². The molecule has 1 saturated heterocycles. The molecule has 1 aliphatic rings. The van der Waals surface area contributed by atoms with E-state index in [0.29, 0.717) is 48.8 Å². The van der Waals surface area contributed by atoms with E-state index in [4.69, 9.17) is 9.47 Å². The molecule has 2 aromatic carbocycles. The van der Waals surface area contributed by atoms with Gasteiger partial charge in [0.05, 0.1) is 19.8 Å². The molecular formula is C24H27F3N2O4. The first-order chi connectivity index (χ1) is 15.6. The second-order valence-electron chi connectivity index (χ2n) is 8.00. The van der Waals surface area contributed by atoms with Crippen molar-refractivity contribution in [2.75, 3.05) is 40.4 Å². The number of benzene rings is 2. The number of amides is 2. The average molecular weight is 464 g/mol. The van der Waals surface area contributed by atoms with Gasteiger partial charge < -0.3 is 19.3 Å². The lowest BCUT2D eigenvalue weighted by Gasteiger charge is -2.35. The second kappa shape index (κ2) is 10.1. The summed E-state index contributed by atoms with van der Waals surface area (Å²) >= 11 is 0. The quantitative estimate of drug-likeness (QED) is 0.643. The number of methoxy groups -OCH3 is 2. The Kier molecular flexibility index (Phi) is 7.50. The Bertz CT molecular complexity index is 962. The third-order valence-corrected chi connectivity index (χ3v) is 5.81. The van der Waals surface area contributed by atoms with Gasteiger partial charge in [-0.05, 0) is 35.7 Å². The van der Waals surface area contributed by atoms with Crippen molar-refractivity contribution < 1.29 is 32.2 Å². The number of hydrogen-bond acceptors (Lipinski definition) is 4. The summed E-state index contributed by atoms with van der Waals surface area (Å²) in [5.41, 5.74) is 0.415. The van der Waals surface area contributed by atoms with E-state index in [1.807, 2.05) is 6.92 Å². The van der Waals surface area contributed by atoms with Gasteiger partial charge in [0, 0.05) is 44.2 Å². The van der Waals surface area contributed by atoms with Crippen LogP contribution in [0.1, 0.15) is 40.7 Å². The lowest BCUT2D eigenvalue weighted by atomic mass is 9.96. The molecule has 1 atom stereocenters. The topological polar surface area (TPSA) is 59.1 Å². The van der Waals surface area contributed by atoms with Crippen molar-refractivity contribution in [3.63, 3.8) is 0 Å². The summed E-state index contributed by atoms with van der Waals surface area (Å²) in [6.45, 7) is 3.38. The van der Waals surface area contributed by atoms with Gasteiger partial charge in [-0.25, -0.2) is 0 Å². The maximum atomic E-state index is 12.9. The number of hydrogen-bond donors (Lipinski definition) is 0. The predicted octanol–water partition coefficient (Wildman–Crippen LogP) is 4.20. The first-order valence-corrected chi connectivity index (χ1v) is 10.6. The molecule has 0 aromatic heterocycles. The Balaban J connectivity index is 1.56. The number of carbonyl (C=O) groups excluding carboxylic acids is 2. The number of carbonyl (C=O) groups is 2. The van der Waals surface area contributed by atoms with Gasteiger partial charge in [0.2, 0.25) is 5.91 Å². The molecule has 0 saturated carbocycles. The largest absolute Gasteiger partial charge is 0.497 e. The molecule has 178 valence electrons. The molecule has 1 heterocycles. The Morgan fingerprint density at radius 1 is 0.909 bits per heavy atom. The molecule has 0 bridgehead atoms. The molecule has 2 aromatic rings. The van der Waals surface area contributed by atoms with E-state index in [1.165, 1.54) is 26.4 Å². The fourth-order valence-corrected chi connectivity index (χ4v) is 3.78. The summed E-state index contributed by atoms with van der Waals surface area (Å²) in [4.78, 5) is 29.0. The van der Waals surface area contributed by atoms with Crippen LogP contribution in [0.15, 0.2) is 42.5 Å². The molecule has 3 rings (SSSR count). The molecule has 0 N–H and O–H groups in total. The van der Waals surface area contributed by atoms with E-state index in [1.54, 1.807) is 28.0 Å². The molecule has 9 heteroatoms. The Morgan fingerprint density at radius 3 is 1.91 bits per heavy atom. The molecular weight excluding hydrogens is 437 g/mol. The molecule has 1 aliphatic heterocycles. The van der Waals surface area contributed by atoms with E-state index in [9.17, 15) is 22.8 Å². The number of alkyl halides is 3. The minimum atomic E-state index is -4.38. The van der Waals surface area contributed by atoms with Crippen molar-refractivity contribution in [1.29, 1.82) is 0 Å². The zero-order chi connectivity index (χ0) is 24.2.